The van der Waals surface area contributed by atoms with Crippen molar-refractivity contribution < 1.29 is 4.79 Å². The molecule has 1 aromatic heterocycles. The van der Waals surface area contributed by atoms with Gasteiger partial charge in [0.05, 0.1) is 11.6 Å². The summed E-state index contributed by atoms with van der Waals surface area (Å²) in [4.78, 5) is 16.0. The van der Waals surface area contributed by atoms with Gasteiger partial charge in [0.1, 0.15) is 5.69 Å². The minimum absolute atomic E-state index is 0.0415. The predicted octanol–water partition coefficient (Wildman–Crippen LogP) is 3.33. The van der Waals surface area contributed by atoms with Crippen LogP contribution in [0.15, 0.2) is 35.2 Å². The summed E-state index contributed by atoms with van der Waals surface area (Å²) in [6.07, 6.45) is 0.860. The number of thiazole rings is 1. The molecule has 0 fully saturated rings. The Labute approximate surface area is 111 Å². The Morgan fingerprint density at radius 3 is 2.67 bits per heavy atom. The van der Waals surface area contributed by atoms with E-state index >= 15 is 0 Å². The molecule has 94 valence electrons. The molecule has 18 heavy (non-hydrogen) atoms. The molecule has 3 nitrogen and oxygen atoms in total. The first-order chi connectivity index (χ1) is 8.70. The Balaban J connectivity index is 2.10. The van der Waals surface area contributed by atoms with Crippen LogP contribution in [0.25, 0.3) is 0 Å². The lowest BCUT2D eigenvalue weighted by Crippen LogP contribution is -2.28. The molecule has 1 heterocycles. The Bertz CT molecular complexity index is 505. The highest BCUT2D eigenvalue weighted by molar-refractivity contribution is 7.07. The number of hydrogen-bond donors (Lipinski definition) is 1. The highest BCUT2D eigenvalue weighted by Gasteiger charge is 2.14. The normalized spacial score (nSPS) is 12.1. The number of carbonyl (C=O) groups excluding carboxylic acids is 1. The third-order valence-corrected chi connectivity index (χ3v) is 3.44. The van der Waals surface area contributed by atoms with Crippen molar-refractivity contribution in [3.63, 3.8) is 0 Å². The van der Waals surface area contributed by atoms with E-state index in [1.54, 1.807) is 10.9 Å². The van der Waals surface area contributed by atoms with E-state index in [1.165, 1.54) is 16.9 Å². The molecule has 0 aliphatic carbocycles. The molecule has 0 aliphatic heterocycles. The van der Waals surface area contributed by atoms with E-state index in [-0.39, 0.29) is 11.9 Å². The first kappa shape index (κ1) is 12.8. The number of aryl methyl sites for hydroxylation is 1. The zero-order valence-electron chi connectivity index (χ0n) is 10.5. The van der Waals surface area contributed by atoms with Crippen molar-refractivity contribution in [2.45, 2.75) is 26.3 Å². The van der Waals surface area contributed by atoms with Crippen molar-refractivity contribution in [1.29, 1.82) is 0 Å². The third-order valence-electron chi connectivity index (χ3n) is 2.86. The Morgan fingerprint density at radius 1 is 1.39 bits per heavy atom. The molecule has 1 unspecified atom stereocenters. The van der Waals surface area contributed by atoms with Crippen molar-refractivity contribution in [3.8, 4) is 0 Å². The number of benzene rings is 1. The first-order valence-electron chi connectivity index (χ1n) is 5.96. The SMILES string of the molecule is CCC(NC(=O)c1cscn1)c1ccc(C)cc1. The number of aromatic nitrogens is 1. The van der Waals surface area contributed by atoms with E-state index in [9.17, 15) is 4.79 Å². The van der Waals surface area contributed by atoms with Gasteiger partial charge >= 0.3 is 0 Å². The summed E-state index contributed by atoms with van der Waals surface area (Å²) in [6, 6.07) is 8.29. The largest absolute Gasteiger partial charge is 0.344 e. The number of hydrogen-bond acceptors (Lipinski definition) is 3. The van der Waals surface area contributed by atoms with Gasteiger partial charge in [-0.2, -0.15) is 0 Å². The summed E-state index contributed by atoms with van der Waals surface area (Å²) in [5.41, 5.74) is 4.51. The average Bonchev–Trinajstić information content (AvgIpc) is 2.91. The van der Waals surface area contributed by atoms with E-state index < -0.39 is 0 Å². The average molecular weight is 260 g/mol. The van der Waals surface area contributed by atoms with Crippen LogP contribution in [-0.2, 0) is 0 Å². The molecule has 0 saturated heterocycles. The van der Waals surface area contributed by atoms with Crippen LogP contribution in [0.4, 0.5) is 0 Å². The van der Waals surface area contributed by atoms with Gasteiger partial charge in [0.15, 0.2) is 0 Å². The number of rotatable bonds is 4. The Morgan fingerprint density at radius 2 is 2.11 bits per heavy atom. The maximum absolute atomic E-state index is 11.9. The summed E-state index contributed by atoms with van der Waals surface area (Å²) < 4.78 is 0. The number of amides is 1. The van der Waals surface area contributed by atoms with E-state index in [0.717, 1.165) is 12.0 Å². The second-order valence-electron chi connectivity index (χ2n) is 4.22. The fourth-order valence-corrected chi connectivity index (χ4v) is 2.31. The number of nitrogens with one attached hydrogen (secondary N) is 1. The minimum Gasteiger partial charge on any atom is -0.344 e. The van der Waals surface area contributed by atoms with E-state index in [2.05, 4.69) is 48.4 Å². The maximum atomic E-state index is 11.9. The van der Waals surface area contributed by atoms with Crippen molar-refractivity contribution in [3.05, 3.63) is 52.0 Å². The second-order valence-corrected chi connectivity index (χ2v) is 4.94. The molecule has 1 aromatic carbocycles. The van der Waals surface area contributed by atoms with Crippen LogP contribution in [0.5, 0.6) is 0 Å². The fraction of sp³-hybridized carbons (Fsp3) is 0.286. The van der Waals surface area contributed by atoms with Gasteiger partial charge in [-0.1, -0.05) is 36.8 Å². The van der Waals surface area contributed by atoms with Crippen molar-refractivity contribution in [1.82, 2.24) is 10.3 Å². The van der Waals surface area contributed by atoms with Gasteiger partial charge in [-0.25, -0.2) is 4.98 Å². The molecular formula is C14H16N2OS. The number of nitrogens with zero attached hydrogens (tertiary/aromatic N) is 1. The Hall–Kier alpha value is -1.68. The lowest BCUT2D eigenvalue weighted by Gasteiger charge is -2.17. The summed E-state index contributed by atoms with van der Waals surface area (Å²) in [6.45, 7) is 4.12. The molecule has 0 spiro atoms. The molecule has 2 aromatic rings. The summed E-state index contributed by atoms with van der Waals surface area (Å²) in [5.74, 6) is -0.108. The molecule has 0 saturated carbocycles. The summed E-state index contributed by atoms with van der Waals surface area (Å²) in [5, 5.41) is 4.77. The molecular weight excluding hydrogens is 244 g/mol. The zero-order valence-corrected chi connectivity index (χ0v) is 11.3. The molecule has 0 radical (unpaired) electrons. The van der Waals surface area contributed by atoms with Gasteiger partial charge in [-0.15, -0.1) is 11.3 Å². The number of carbonyl (C=O) groups is 1. The lowest BCUT2D eigenvalue weighted by atomic mass is 10.0. The molecule has 2 rings (SSSR count). The topological polar surface area (TPSA) is 42.0 Å². The molecule has 1 N–H and O–H groups in total. The van der Waals surface area contributed by atoms with Gasteiger partial charge in [-0.3, -0.25) is 4.79 Å². The van der Waals surface area contributed by atoms with E-state index in [1.807, 2.05) is 0 Å². The maximum Gasteiger partial charge on any atom is 0.271 e. The molecule has 4 heteroatoms. The minimum atomic E-state index is -0.108. The van der Waals surface area contributed by atoms with Crippen molar-refractivity contribution in [2.75, 3.05) is 0 Å². The molecule has 1 atom stereocenters. The first-order valence-corrected chi connectivity index (χ1v) is 6.90. The highest BCUT2D eigenvalue weighted by Crippen LogP contribution is 2.17. The quantitative estimate of drug-likeness (QED) is 0.916. The fourth-order valence-electron chi connectivity index (χ4n) is 1.78. The van der Waals surface area contributed by atoms with Gasteiger partial charge in [0, 0.05) is 5.38 Å². The molecule has 0 aliphatic rings. The molecule has 0 bridgehead atoms. The van der Waals surface area contributed by atoms with Gasteiger partial charge < -0.3 is 5.32 Å². The van der Waals surface area contributed by atoms with Gasteiger partial charge in [-0.05, 0) is 18.9 Å². The van der Waals surface area contributed by atoms with Crippen LogP contribution >= 0.6 is 11.3 Å². The predicted molar refractivity (Wildman–Crippen MR) is 73.8 cm³/mol. The van der Waals surface area contributed by atoms with Crippen LogP contribution in [0.1, 0.15) is 41.0 Å². The zero-order chi connectivity index (χ0) is 13.0. The van der Waals surface area contributed by atoms with Crippen LogP contribution in [0.2, 0.25) is 0 Å². The van der Waals surface area contributed by atoms with E-state index in [4.69, 9.17) is 0 Å². The second kappa shape index (κ2) is 5.78. The monoisotopic (exact) mass is 260 g/mol. The van der Waals surface area contributed by atoms with Crippen LogP contribution < -0.4 is 5.32 Å². The standard InChI is InChI=1S/C14H16N2OS/c1-3-12(11-6-4-10(2)5-7-11)16-14(17)13-8-18-9-15-13/h4-9,12H,3H2,1-2H3,(H,16,17). The van der Waals surface area contributed by atoms with Gasteiger partial charge in [0.2, 0.25) is 0 Å². The highest BCUT2D eigenvalue weighted by atomic mass is 32.1. The van der Waals surface area contributed by atoms with Crippen LogP contribution in [0.3, 0.4) is 0 Å². The smallest absolute Gasteiger partial charge is 0.271 e. The van der Waals surface area contributed by atoms with Crippen LogP contribution in [0, 0.1) is 6.92 Å². The van der Waals surface area contributed by atoms with Crippen molar-refractivity contribution >= 4 is 17.2 Å². The summed E-state index contributed by atoms with van der Waals surface area (Å²) >= 11 is 1.43. The van der Waals surface area contributed by atoms with Crippen LogP contribution in [-0.4, -0.2) is 10.9 Å². The van der Waals surface area contributed by atoms with E-state index in [0.29, 0.717) is 5.69 Å². The lowest BCUT2D eigenvalue weighted by molar-refractivity contribution is 0.0931. The summed E-state index contributed by atoms with van der Waals surface area (Å²) in [7, 11) is 0. The molecule has 1 amide bonds. The van der Waals surface area contributed by atoms with Crippen molar-refractivity contribution in [2.24, 2.45) is 0 Å². The van der Waals surface area contributed by atoms with Gasteiger partial charge in [0.25, 0.3) is 5.91 Å². The Kier molecular flexibility index (Phi) is 4.10. The third kappa shape index (κ3) is 2.96.